The Hall–Kier alpha value is -2.17. The van der Waals surface area contributed by atoms with Crippen LogP contribution in [0.5, 0.6) is 0 Å². The van der Waals surface area contributed by atoms with E-state index in [-0.39, 0.29) is 23.3 Å². The Bertz CT molecular complexity index is 1210. The van der Waals surface area contributed by atoms with Gasteiger partial charge in [-0.2, -0.15) is 4.31 Å². The van der Waals surface area contributed by atoms with Crippen LogP contribution in [0.15, 0.2) is 51.8 Å². The number of halogens is 3. The first-order chi connectivity index (χ1) is 14.7. The second-order valence-corrected chi connectivity index (χ2v) is 9.99. The van der Waals surface area contributed by atoms with Gasteiger partial charge in [0.25, 0.3) is 0 Å². The SMILES string of the molecule is O=C(Nc1nnc(-c2cc(Cl)cc(Cl)c2)o1)C1CCCN1S(=O)(=O)c1ccc(Cl)cc1. The van der Waals surface area contributed by atoms with E-state index in [1.807, 2.05) is 0 Å². The minimum atomic E-state index is -3.87. The summed E-state index contributed by atoms with van der Waals surface area (Å²) in [5.41, 5.74) is 0.485. The molecule has 1 aliphatic rings. The van der Waals surface area contributed by atoms with Gasteiger partial charge >= 0.3 is 6.01 Å². The molecular weight excluding hydrogens is 487 g/mol. The molecule has 1 atom stereocenters. The monoisotopic (exact) mass is 500 g/mol. The first-order valence-electron chi connectivity index (χ1n) is 9.12. The van der Waals surface area contributed by atoms with Crippen LogP contribution in [0, 0.1) is 0 Å². The first-order valence-corrected chi connectivity index (χ1v) is 11.7. The number of rotatable bonds is 5. The van der Waals surface area contributed by atoms with Crippen LogP contribution in [-0.2, 0) is 14.8 Å². The molecule has 12 heteroatoms. The summed E-state index contributed by atoms with van der Waals surface area (Å²) in [6, 6.07) is 9.46. The number of hydrogen-bond donors (Lipinski definition) is 1. The lowest BCUT2D eigenvalue weighted by atomic mass is 10.2. The molecule has 8 nitrogen and oxygen atoms in total. The molecule has 0 bridgehead atoms. The van der Waals surface area contributed by atoms with Crippen molar-refractivity contribution in [1.29, 1.82) is 0 Å². The van der Waals surface area contributed by atoms with Gasteiger partial charge in [0, 0.05) is 27.2 Å². The van der Waals surface area contributed by atoms with Crippen LogP contribution >= 0.6 is 34.8 Å². The van der Waals surface area contributed by atoms with Gasteiger partial charge in [-0.1, -0.05) is 39.9 Å². The Morgan fingerprint density at radius 3 is 2.39 bits per heavy atom. The molecule has 1 amide bonds. The Labute approximate surface area is 193 Å². The molecular formula is C19H15Cl3N4O4S. The summed E-state index contributed by atoms with van der Waals surface area (Å²) in [4.78, 5) is 12.9. The van der Waals surface area contributed by atoms with E-state index in [1.165, 1.54) is 28.6 Å². The van der Waals surface area contributed by atoms with Crippen molar-refractivity contribution in [3.05, 3.63) is 57.5 Å². The number of anilines is 1. The van der Waals surface area contributed by atoms with Gasteiger partial charge in [-0.3, -0.25) is 10.1 Å². The maximum Gasteiger partial charge on any atom is 0.322 e. The molecule has 4 rings (SSSR count). The van der Waals surface area contributed by atoms with Gasteiger partial charge in [-0.15, -0.1) is 5.10 Å². The predicted octanol–water partition coefficient (Wildman–Crippen LogP) is 4.49. The summed E-state index contributed by atoms with van der Waals surface area (Å²) in [5.74, 6) is -0.453. The van der Waals surface area contributed by atoms with Crippen LogP contribution in [0.2, 0.25) is 15.1 Å². The van der Waals surface area contributed by atoms with Gasteiger partial charge < -0.3 is 4.42 Å². The van der Waals surface area contributed by atoms with E-state index in [1.54, 1.807) is 18.2 Å². The summed E-state index contributed by atoms with van der Waals surface area (Å²) in [7, 11) is -3.87. The summed E-state index contributed by atoms with van der Waals surface area (Å²) in [5, 5.41) is 11.4. The number of nitrogens with one attached hydrogen (secondary N) is 1. The molecule has 0 radical (unpaired) electrons. The molecule has 2 aromatic carbocycles. The number of amides is 1. The Kier molecular flexibility index (Phi) is 6.23. The molecule has 2 heterocycles. The normalized spacial score (nSPS) is 17.1. The Morgan fingerprint density at radius 1 is 1.03 bits per heavy atom. The lowest BCUT2D eigenvalue weighted by Crippen LogP contribution is -2.43. The molecule has 1 unspecified atom stereocenters. The zero-order valence-electron chi connectivity index (χ0n) is 15.8. The molecule has 3 aromatic rings. The zero-order valence-corrected chi connectivity index (χ0v) is 18.8. The minimum absolute atomic E-state index is 0.0644. The second kappa shape index (κ2) is 8.76. The van der Waals surface area contributed by atoms with Crippen LogP contribution in [0.4, 0.5) is 6.01 Å². The van der Waals surface area contributed by atoms with E-state index in [0.717, 1.165) is 0 Å². The molecule has 1 aliphatic heterocycles. The van der Waals surface area contributed by atoms with Crippen molar-refractivity contribution in [3.63, 3.8) is 0 Å². The second-order valence-electron chi connectivity index (χ2n) is 6.79. The number of nitrogens with zero attached hydrogens (tertiary/aromatic N) is 3. The zero-order chi connectivity index (χ0) is 22.2. The van der Waals surface area contributed by atoms with Crippen LogP contribution in [0.3, 0.4) is 0 Å². The van der Waals surface area contributed by atoms with Crippen molar-refractivity contribution >= 4 is 56.7 Å². The third-order valence-corrected chi connectivity index (χ3v) is 7.30. The van der Waals surface area contributed by atoms with Crippen molar-refractivity contribution in [1.82, 2.24) is 14.5 Å². The van der Waals surface area contributed by atoms with Gasteiger partial charge in [0.15, 0.2) is 0 Å². The van der Waals surface area contributed by atoms with Gasteiger partial charge in [-0.25, -0.2) is 8.42 Å². The van der Waals surface area contributed by atoms with Gasteiger partial charge in [0.1, 0.15) is 6.04 Å². The number of aromatic nitrogens is 2. The summed E-state index contributed by atoms with van der Waals surface area (Å²) in [6.45, 7) is 0.221. The van der Waals surface area contributed by atoms with E-state index in [2.05, 4.69) is 15.5 Å². The molecule has 162 valence electrons. The molecule has 0 aliphatic carbocycles. The quantitative estimate of drug-likeness (QED) is 0.552. The fraction of sp³-hybridized carbons (Fsp3) is 0.211. The first kappa shape index (κ1) is 22.0. The smallest absolute Gasteiger partial charge is 0.322 e. The highest BCUT2D eigenvalue weighted by molar-refractivity contribution is 7.89. The predicted molar refractivity (Wildman–Crippen MR) is 117 cm³/mol. The summed E-state index contributed by atoms with van der Waals surface area (Å²) in [6.07, 6.45) is 0.907. The lowest BCUT2D eigenvalue weighted by molar-refractivity contribution is -0.119. The number of sulfonamides is 1. The molecule has 1 aromatic heterocycles. The van der Waals surface area contributed by atoms with E-state index >= 15 is 0 Å². The molecule has 0 saturated carbocycles. The van der Waals surface area contributed by atoms with Gasteiger partial charge in [0.2, 0.25) is 21.8 Å². The van der Waals surface area contributed by atoms with E-state index in [9.17, 15) is 13.2 Å². The lowest BCUT2D eigenvalue weighted by Gasteiger charge is -2.22. The van der Waals surface area contributed by atoms with Crippen molar-refractivity contribution < 1.29 is 17.6 Å². The molecule has 1 fully saturated rings. The number of hydrogen-bond acceptors (Lipinski definition) is 6. The van der Waals surface area contributed by atoms with Crippen molar-refractivity contribution in [3.8, 4) is 11.5 Å². The van der Waals surface area contributed by atoms with Gasteiger partial charge in [0.05, 0.1) is 4.90 Å². The highest BCUT2D eigenvalue weighted by Gasteiger charge is 2.39. The highest BCUT2D eigenvalue weighted by Crippen LogP contribution is 2.29. The number of carbonyl (C=O) groups is 1. The van der Waals surface area contributed by atoms with Crippen molar-refractivity contribution in [2.24, 2.45) is 0 Å². The topological polar surface area (TPSA) is 105 Å². The third kappa shape index (κ3) is 4.70. The van der Waals surface area contributed by atoms with E-state index in [0.29, 0.717) is 33.5 Å². The fourth-order valence-electron chi connectivity index (χ4n) is 3.29. The van der Waals surface area contributed by atoms with E-state index in [4.69, 9.17) is 39.2 Å². The maximum absolute atomic E-state index is 13.0. The fourth-order valence-corrected chi connectivity index (χ4v) is 5.60. The molecule has 1 saturated heterocycles. The molecule has 1 N–H and O–H groups in total. The van der Waals surface area contributed by atoms with Crippen LogP contribution in [0.1, 0.15) is 12.8 Å². The van der Waals surface area contributed by atoms with Gasteiger partial charge in [-0.05, 0) is 55.3 Å². The standard InChI is InChI=1S/C19H15Cl3N4O4S/c20-12-3-5-15(6-4-12)31(28,29)26-7-1-2-16(26)17(27)23-19-25-24-18(30-19)11-8-13(21)10-14(22)9-11/h3-6,8-10,16H,1-2,7H2,(H,23,25,27). The van der Waals surface area contributed by atoms with Crippen LogP contribution < -0.4 is 5.32 Å². The minimum Gasteiger partial charge on any atom is -0.403 e. The van der Waals surface area contributed by atoms with Crippen LogP contribution in [-0.4, -0.2) is 41.4 Å². The molecule has 0 spiro atoms. The Balaban J connectivity index is 1.52. The summed E-state index contributed by atoms with van der Waals surface area (Å²) >= 11 is 17.8. The number of carbonyl (C=O) groups excluding carboxylic acids is 1. The van der Waals surface area contributed by atoms with Crippen LogP contribution in [0.25, 0.3) is 11.5 Å². The van der Waals surface area contributed by atoms with Crippen molar-refractivity contribution in [2.75, 3.05) is 11.9 Å². The Morgan fingerprint density at radius 2 is 1.71 bits per heavy atom. The summed E-state index contributed by atoms with van der Waals surface area (Å²) < 4.78 is 32.6. The molecule has 31 heavy (non-hydrogen) atoms. The number of benzene rings is 2. The third-order valence-electron chi connectivity index (χ3n) is 4.69. The largest absolute Gasteiger partial charge is 0.403 e. The maximum atomic E-state index is 13.0. The average Bonchev–Trinajstić information content (AvgIpc) is 3.37. The highest BCUT2D eigenvalue weighted by atomic mass is 35.5. The van der Waals surface area contributed by atoms with E-state index < -0.39 is 22.0 Å². The van der Waals surface area contributed by atoms with Crippen molar-refractivity contribution in [2.45, 2.75) is 23.8 Å². The average molecular weight is 502 g/mol.